The van der Waals surface area contributed by atoms with Crippen LogP contribution in [0.15, 0.2) is 40.8 Å². The number of nitrogens with zero attached hydrogens (tertiary/aromatic N) is 2. The van der Waals surface area contributed by atoms with Gasteiger partial charge in [0, 0.05) is 37.2 Å². The number of nitrogens with one attached hydrogen (secondary N) is 1. The molecular weight excluding hydrogens is 322 g/mol. The lowest BCUT2D eigenvalue weighted by Gasteiger charge is -2.19. The molecule has 1 aromatic carbocycles. The van der Waals surface area contributed by atoms with E-state index in [4.69, 9.17) is 0 Å². The summed E-state index contributed by atoms with van der Waals surface area (Å²) >= 11 is 1.41. The van der Waals surface area contributed by atoms with Crippen LogP contribution in [0.4, 0.5) is 0 Å². The number of hydrogen-bond acceptors (Lipinski definition) is 3. The van der Waals surface area contributed by atoms with Crippen molar-refractivity contribution < 1.29 is 9.59 Å². The largest absolute Gasteiger partial charge is 0.352 e. The molecule has 1 N–H and O–H groups in total. The van der Waals surface area contributed by atoms with E-state index < -0.39 is 0 Å². The second-order valence-electron chi connectivity index (χ2n) is 6.64. The summed E-state index contributed by atoms with van der Waals surface area (Å²) in [7, 11) is 1.84. The van der Waals surface area contributed by atoms with Gasteiger partial charge in [-0.3, -0.25) is 9.59 Å². The van der Waals surface area contributed by atoms with Crippen LogP contribution in [-0.4, -0.2) is 22.9 Å². The molecule has 6 heteroatoms. The zero-order chi connectivity index (χ0) is 17.7. The van der Waals surface area contributed by atoms with Crippen molar-refractivity contribution in [1.29, 1.82) is 0 Å². The number of thiazole rings is 1. The third kappa shape index (κ3) is 4.89. The van der Waals surface area contributed by atoms with Crippen LogP contribution in [0.5, 0.6) is 0 Å². The Hall–Kier alpha value is -2.21. The minimum Gasteiger partial charge on any atom is -0.352 e. The van der Waals surface area contributed by atoms with Gasteiger partial charge in [0.25, 0.3) is 5.91 Å². The van der Waals surface area contributed by atoms with Crippen LogP contribution in [0.3, 0.4) is 0 Å². The van der Waals surface area contributed by atoms with Crippen molar-refractivity contribution in [2.75, 3.05) is 6.54 Å². The van der Waals surface area contributed by atoms with E-state index in [9.17, 15) is 9.59 Å². The van der Waals surface area contributed by atoms with Crippen molar-refractivity contribution in [1.82, 2.24) is 9.88 Å². The first-order valence-electron chi connectivity index (χ1n) is 7.84. The number of hydrogen-bond donors (Lipinski definition) is 1. The number of benzene rings is 1. The Bertz CT molecular complexity index is 780. The average Bonchev–Trinajstić information content (AvgIpc) is 2.91. The van der Waals surface area contributed by atoms with Gasteiger partial charge in [-0.1, -0.05) is 32.9 Å². The first-order valence-corrected chi connectivity index (χ1v) is 8.72. The van der Waals surface area contributed by atoms with Gasteiger partial charge in [-0.25, -0.2) is 0 Å². The molecule has 0 fully saturated rings. The maximum Gasteiger partial charge on any atom is 0.251 e. The highest BCUT2D eigenvalue weighted by Crippen LogP contribution is 2.22. The Morgan fingerprint density at radius 2 is 1.88 bits per heavy atom. The molecule has 0 unspecified atom stereocenters. The van der Waals surface area contributed by atoms with Gasteiger partial charge in [-0.05, 0) is 23.1 Å². The van der Waals surface area contributed by atoms with Gasteiger partial charge in [0.05, 0.1) is 0 Å². The molecule has 5 nitrogen and oxygen atoms in total. The molecule has 0 saturated carbocycles. The standard InChI is InChI=1S/C18H23N3O2S/c1-18(2,3)14-7-5-13(6-8-14)16(23)19-10-9-15(22)20-17-21(4)11-12-24-17/h5-8,11-12H,9-10H2,1-4H3,(H,19,23). The first-order chi connectivity index (χ1) is 11.3. The normalized spacial score (nSPS) is 12.2. The summed E-state index contributed by atoms with van der Waals surface area (Å²) in [6.45, 7) is 6.66. The lowest BCUT2D eigenvalue weighted by Crippen LogP contribution is -2.26. The van der Waals surface area contributed by atoms with Gasteiger partial charge in [0.15, 0.2) is 4.80 Å². The predicted octanol–water partition coefficient (Wildman–Crippen LogP) is 2.63. The summed E-state index contributed by atoms with van der Waals surface area (Å²) in [5.74, 6) is -0.415. The van der Waals surface area contributed by atoms with Crippen molar-refractivity contribution in [2.24, 2.45) is 12.0 Å². The van der Waals surface area contributed by atoms with Gasteiger partial charge >= 0.3 is 0 Å². The van der Waals surface area contributed by atoms with Gasteiger partial charge in [-0.15, -0.1) is 11.3 Å². The predicted molar refractivity (Wildman–Crippen MR) is 96.0 cm³/mol. The van der Waals surface area contributed by atoms with Crippen molar-refractivity contribution >= 4 is 23.2 Å². The van der Waals surface area contributed by atoms with Gasteiger partial charge < -0.3 is 9.88 Å². The molecule has 2 rings (SSSR count). The van der Waals surface area contributed by atoms with Crippen LogP contribution < -0.4 is 10.1 Å². The maximum atomic E-state index is 12.1. The summed E-state index contributed by atoms with van der Waals surface area (Å²) in [6, 6.07) is 7.56. The molecule has 1 heterocycles. The Balaban J connectivity index is 1.87. The molecule has 2 amide bonds. The Morgan fingerprint density at radius 1 is 1.21 bits per heavy atom. The van der Waals surface area contributed by atoms with Crippen LogP contribution in [0.1, 0.15) is 43.1 Å². The lowest BCUT2D eigenvalue weighted by atomic mass is 9.87. The molecule has 0 saturated heterocycles. The molecule has 128 valence electrons. The van der Waals surface area contributed by atoms with E-state index in [0.717, 1.165) is 0 Å². The maximum absolute atomic E-state index is 12.1. The fraction of sp³-hybridized carbons (Fsp3) is 0.389. The van der Waals surface area contributed by atoms with Gasteiger partial charge in [-0.2, -0.15) is 4.99 Å². The first kappa shape index (κ1) is 18.1. The van der Waals surface area contributed by atoms with Crippen molar-refractivity contribution in [3.8, 4) is 0 Å². The molecule has 0 aliphatic rings. The molecule has 0 aliphatic carbocycles. The minimum absolute atomic E-state index is 0.0564. The van der Waals surface area contributed by atoms with E-state index in [1.165, 1.54) is 16.9 Å². The van der Waals surface area contributed by atoms with Crippen molar-refractivity contribution in [3.63, 3.8) is 0 Å². The highest BCUT2D eigenvalue weighted by molar-refractivity contribution is 7.07. The molecule has 0 atom stereocenters. The topological polar surface area (TPSA) is 63.5 Å². The van der Waals surface area contributed by atoms with Crippen LogP contribution in [0, 0.1) is 0 Å². The fourth-order valence-electron chi connectivity index (χ4n) is 2.10. The number of carbonyl (C=O) groups excluding carboxylic acids is 2. The second kappa shape index (κ2) is 7.57. The summed E-state index contributed by atoms with van der Waals surface area (Å²) in [5.41, 5.74) is 1.83. The molecule has 2 aromatic rings. The fourth-order valence-corrected chi connectivity index (χ4v) is 2.85. The average molecular weight is 345 g/mol. The van der Waals surface area contributed by atoms with E-state index >= 15 is 0 Å². The molecule has 0 spiro atoms. The number of carbonyl (C=O) groups is 2. The smallest absolute Gasteiger partial charge is 0.251 e. The monoisotopic (exact) mass is 345 g/mol. The van der Waals surface area contributed by atoms with Crippen molar-refractivity contribution in [2.45, 2.75) is 32.6 Å². The quantitative estimate of drug-likeness (QED) is 0.926. The van der Waals surface area contributed by atoms with E-state index in [2.05, 4.69) is 31.1 Å². The highest BCUT2D eigenvalue weighted by Gasteiger charge is 2.14. The zero-order valence-corrected chi connectivity index (χ0v) is 15.3. The third-order valence-electron chi connectivity index (χ3n) is 3.62. The number of aryl methyl sites for hydroxylation is 1. The molecule has 0 bridgehead atoms. The molecule has 0 radical (unpaired) electrons. The van der Waals surface area contributed by atoms with Gasteiger partial charge in [0.1, 0.15) is 0 Å². The third-order valence-corrected chi connectivity index (χ3v) is 4.47. The molecular formula is C18H23N3O2S. The second-order valence-corrected chi connectivity index (χ2v) is 7.51. The number of rotatable bonds is 4. The Kier molecular flexibility index (Phi) is 5.72. The molecule has 0 aliphatic heterocycles. The van der Waals surface area contributed by atoms with Crippen LogP contribution in [0.25, 0.3) is 0 Å². The van der Waals surface area contributed by atoms with Crippen LogP contribution in [0.2, 0.25) is 0 Å². The van der Waals surface area contributed by atoms with E-state index in [1.54, 1.807) is 4.57 Å². The number of aromatic nitrogens is 1. The van der Waals surface area contributed by atoms with Crippen LogP contribution >= 0.6 is 11.3 Å². The van der Waals surface area contributed by atoms with E-state index in [0.29, 0.717) is 10.4 Å². The van der Waals surface area contributed by atoms with E-state index in [1.807, 2.05) is 42.9 Å². The summed E-state index contributed by atoms with van der Waals surface area (Å²) in [4.78, 5) is 28.6. The highest BCUT2D eigenvalue weighted by atomic mass is 32.1. The van der Waals surface area contributed by atoms with Crippen molar-refractivity contribution in [3.05, 3.63) is 51.8 Å². The van der Waals surface area contributed by atoms with E-state index in [-0.39, 0.29) is 30.2 Å². The van der Waals surface area contributed by atoms with Gasteiger partial charge in [0.2, 0.25) is 5.91 Å². The Labute approximate surface area is 146 Å². The minimum atomic E-state index is -0.239. The summed E-state index contributed by atoms with van der Waals surface area (Å²) in [6.07, 6.45) is 2.03. The van der Waals surface area contributed by atoms with Crippen LogP contribution in [-0.2, 0) is 17.3 Å². The number of amides is 2. The molecule has 24 heavy (non-hydrogen) atoms. The zero-order valence-electron chi connectivity index (χ0n) is 14.5. The SMILES string of the molecule is Cn1ccsc1=NC(=O)CCNC(=O)c1ccc(C(C)(C)C)cc1. The Morgan fingerprint density at radius 3 is 2.42 bits per heavy atom. The lowest BCUT2D eigenvalue weighted by molar-refractivity contribution is -0.117. The molecule has 1 aromatic heterocycles. The summed E-state index contributed by atoms with van der Waals surface area (Å²) in [5, 5.41) is 4.63. The summed E-state index contributed by atoms with van der Waals surface area (Å²) < 4.78 is 1.79.